The van der Waals surface area contributed by atoms with Gasteiger partial charge in [0.1, 0.15) is 8.07 Å². The Bertz CT molecular complexity index is 1140. The van der Waals surface area contributed by atoms with Crippen molar-refractivity contribution in [1.82, 2.24) is 0 Å². The van der Waals surface area contributed by atoms with Gasteiger partial charge in [0.25, 0.3) is 0 Å². The number of rotatable bonds is 4. The van der Waals surface area contributed by atoms with E-state index in [9.17, 15) is 0 Å². The molecule has 0 amide bonds. The van der Waals surface area contributed by atoms with Gasteiger partial charge >= 0.3 is 0 Å². The Morgan fingerprint density at radius 1 is 0.516 bits per heavy atom. The average Bonchev–Trinajstić information content (AvgIpc) is 3.23. The lowest BCUT2D eigenvalue weighted by Gasteiger charge is -2.37. The monoisotopic (exact) mass is 544 g/mol. The molecule has 0 spiro atoms. The van der Waals surface area contributed by atoms with Crippen molar-refractivity contribution in [3.8, 4) is 0 Å². The highest BCUT2D eigenvalue weighted by molar-refractivity contribution is 9.10. The summed E-state index contributed by atoms with van der Waals surface area (Å²) in [6.07, 6.45) is 2.47. The van der Waals surface area contributed by atoms with Gasteiger partial charge in [0.15, 0.2) is 0 Å². The largest absolute Gasteiger partial charge is 0.149 e. The Labute approximate surface area is 201 Å². The molecule has 31 heavy (non-hydrogen) atoms. The Hall–Kier alpha value is -2.20. The third-order valence-corrected chi connectivity index (χ3v) is 12.4. The fourth-order valence-corrected chi connectivity index (χ4v) is 10.8. The lowest BCUT2D eigenvalue weighted by atomic mass is 9.92. The number of allylic oxidation sites excluding steroid dienone is 1. The summed E-state index contributed by atoms with van der Waals surface area (Å²) in [5, 5.41) is 2.93. The molecule has 0 aromatic heterocycles. The first-order valence-corrected chi connectivity index (χ1v) is 14.2. The van der Waals surface area contributed by atoms with Crippen molar-refractivity contribution in [3.63, 3.8) is 0 Å². The summed E-state index contributed by atoms with van der Waals surface area (Å²) in [7, 11) is -2.24. The van der Waals surface area contributed by atoms with Gasteiger partial charge in [-0.25, -0.2) is 0 Å². The molecule has 0 fully saturated rings. The van der Waals surface area contributed by atoms with Crippen LogP contribution in [0.25, 0.3) is 0 Å². The third-order valence-electron chi connectivity index (χ3n) is 6.40. The predicted octanol–water partition coefficient (Wildman–Crippen LogP) is 6.99. The van der Waals surface area contributed by atoms with Gasteiger partial charge in [0, 0.05) is 20.4 Å². The molecule has 0 saturated carbocycles. The van der Waals surface area contributed by atoms with Crippen LogP contribution in [0.3, 0.4) is 0 Å². The third kappa shape index (κ3) is 3.80. The van der Waals surface area contributed by atoms with E-state index in [1.807, 2.05) is 0 Å². The van der Waals surface area contributed by atoms with Crippen molar-refractivity contribution in [2.75, 3.05) is 0 Å². The minimum Gasteiger partial charge on any atom is -0.0888 e. The normalized spacial score (nSPS) is 19.4. The molecular weight excluding hydrogens is 524 g/mol. The van der Waals surface area contributed by atoms with Crippen LogP contribution < -0.4 is 10.4 Å². The van der Waals surface area contributed by atoms with E-state index in [0.717, 1.165) is 8.95 Å². The zero-order chi connectivity index (χ0) is 21.3. The second-order valence-electron chi connectivity index (χ2n) is 8.07. The van der Waals surface area contributed by atoms with E-state index in [2.05, 4.69) is 153 Å². The van der Waals surface area contributed by atoms with Crippen molar-refractivity contribution < 1.29 is 0 Å². The predicted molar refractivity (Wildman–Crippen MR) is 141 cm³/mol. The van der Waals surface area contributed by atoms with Gasteiger partial charge in [0.05, 0.1) is 0 Å². The molecule has 0 bridgehead atoms. The highest BCUT2D eigenvalue weighted by atomic mass is 79.9. The summed E-state index contributed by atoms with van der Waals surface area (Å²) in [6.45, 7) is 0. The minimum atomic E-state index is -2.24. The number of benzene rings is 4. The summed E-state index contributed by atoms with van der Waals surface area (Å²) in [5.74, 6) is 0.335. The van der Waals surface area contributed by atoms with E-state index >= 15 is 0 Å². The number of hydrogen-bond donors (Lipinski definition) is 0. The first-order valence-electron chi connectivity index (χ1n) is 10.5. The summed E-state index contributed by atoms with van der Waals surface area (Å²) >= 11 is 7.23. The average molecular weight is 546 g/mol. The highest BCUT2D eigenvalue weighted by Crippen LogP contribution is 2.46. The first-order chi connectivity index (χ1) is 15.2. The van der Waals surface area contributed by atoms with Crippen LogP contribution in [-0.4, -0.2) is 8.07 Å². The minimum absolute atomic E-state index is 0.335. The van der Waals surface area contributed by atoms with Crippen molar-refractivity contribution in [3.05, 3.63) is 141 Å². The van der Waals surface area contributed by atoms with Gasteiger partial charge in [-0.2, -0.15) is 0 Å². The molecule has 0 N–H and O–H groups in total. The van der Waals surface area contributed by atoms with E-state index in [1.54, 1.807) is 0 Å². The standard InChI is InChI=1S/C28H22Br2Si/c29-23-15-11-21(12-16-23)27-19-20-31(25-7-3-1-4-8-25,26-9-5-2-6-10-26)28(27)22-13-17-24(30)18-14-22/h1-20,27-28H. The van der Waals surface area contributed by atoms with Crippen molar-refractivity contribution in [2.24, 2.45) is 0 Å². The van der Waals surface area contributed by atoms with Crippen LogP contribution in [0.4, 0.5) is 0 Å². The maximum atomic E-state index is 3.63. The topological polar surface area (TPSA) is 0 Å². The van der Waals surface area contributed by atoms with Gasteiger partial charge in [-0.15, -0.1) is 0 Å². The molecule has 0 aliphatic carbocycles. The van der Waals surface area contributed by atoms with Gasteiger partial charge in [-0.05, 0) is 45.8 Å². The Kier molecular flexibility index (Phi) is 5.83. The van der Waals surface area contributed by atoms with E-state index in [0.29, 0.717) is 11.5 Å². The molecule has 2 unspecified atom stereocenters. The van der Waals surface area contributed by atoms with Crippen LogP contribution in [-0.2, 0) is 0 Å². The van der Waals surface area contributed by atoms with Crippen LogP contribution >= 0.6 is 31.9 Å². The summed E-state index contributed by atoms with van der Waals surface area (Å²) in [5.41, 5.74) is 5.73. The Balaban J connectivity index is 1.77. The summed E-state index contributed by atoms with van der Waals surface area (Å²) < 4.78 is 2.24. The molecule has 1 aliphatic heterocycles. The molecule has 1 heterocycles. The van der Waals surface area contributed by atoms with Crippen molar-refractivity contribution >= 4 is 50.3 Å². The first kappa shape index (κ1) is 20.7. The lowest BCUT2D eigenvalue weighted by molar-refractivity contribution is 0.802. The number of hydrogen-bond acceptors (Lipinski definition) is 0. The lowest BCUT2D eigenvalue weighted by Crippen LogP contribution is -2.60. The van der Waals surface area contributed by atoms with Crippen molar-refractivity contribution in [2.45, 2.75) is 11.5 Å². The van der Waals surface area contributed by atoms with Crippen LogP contribution in [0.1, 0.15) is 22.6 Å². The molecule has 5 rings (SSSR count). The Morgan fingerprint density at radius 2 is 0.968 bits per heavy atom. The highest BCUT2D eigenvalue weighted by Gasteiger charge is 2.50. The molecule has 2 atom stereocenters. The SMILES string of the molecule is Brc1ccc(C2C=C[Si](c3ccccc3)(c3ccccc3)C2c2ccc(Br)cc2)cc1. The molecule has 0 nitrogen and oxygen atoms in total. The summed E-state index contributed by atoms with van der Waals surface area (Å²) in [4.78, 5) is 0. The summed E-state index contributed by atoms with van der Waals surface area (Å²) in [6, 6.07) is 40.2. The van der Waals surface area contributed by atoms with Gasteiger partial charge in [0.2, 0.25) is 0 Å². The van der Waals surface area contributed by atoms with Crippen LogP contribution in [0.2, 0.25) is 0 Å². The molecule has 0 saturated heterocycles. The molecule has 152 valence electrons. The van der Waals surface area contributed by atoms with Gasteiger partial charge < -0.3 is 0 Å². The molecule has 3 heteroatoms. The molecule has 0 radical (unpaired) electrons. The van der Waals surface area contributed by atoms with Gasteiger partial charge in [-0.1, -0.05) is 129 Å². The smallest absolute Gasteiger partial charge is 0.0888 e. The van der Waals surface area contributed by atoms with E-state index in [1.165, 1.54) is 21.5 Å². The van der Waals surface area contributed by atoms with E-state index in [4.69, 9.17) is 0 Å². The van der Waals surface area contributed by atoms with Crippen LogP contribution in [0.15, 0.2) is 130 Å². The molecule has 4 aromatic rings. The zero-order valence-electron chi connectivity index (χ0n) is 17.0. The molecule has 4 aromatic carbocycles. The van der Waals surface area contributed by atoms with Crippen LogP contribution in [0, 0.1) is 0 Å². The quantitative estimate of drug-likeness (QED) is 0.242. The Morgan fingerprint density at radius 3 is 1.45 bits per heavy atom. The van der Waals surface area contributed by atoms with Gasteiger partial charge in [-0.3, -0.25) is 0 Å². The maximum Gasteiger partial charge on any atom is 0.149 e. The zero-order valence-corrected chi connectivity index (χ0v) is 21.1. The maximum absolute atomic E-state index is 3.63. The van der Waals surface area contributed by atoms with Crippen LogP contribution in [0.5, 0.6) is 0 Å². The second-order valence-corrected chi connectivity index (χ2v) is 13.7. The fraction of sp³-hybridized carbons (Fsp3) is 0.0714. The van der Waals surface area contributed by atoms with E-state index in [-0.39, 0.29) is 0 Å². The molecular formula is C28H22Br2Si. The van der Waals surface area contributed by atoms with E-state index < -0.39 is 8.07 Å². The van der Waals surface area contributed by atoms with Crippen molar-refractivity contribution in [1.29, 1.82) is 0 Å². The number of halogens is 2. The molecule has 1 aliphatic rings. The fourth-order valence-electron chi connectivity index (χ4n) is 5.03. The second kappa shape index (κ2) is 8.74.